The minimum Gasteiger partial charge on any atom is -0.435 e. The molecule has 1 amide bonds. The molecule has 1 aliphatic carbocycles. The molecule has 0 unspecified atom stereocenters. The number of alkyl halides is 2. The monoisotopic (exact) mass is 363 g/mol. The highest BCUT2D eigenvalue weighted by atomic mass is 19.3. The third kappa shape index (κ3) is 4.44. The van der Waals surface area contributed by atoms with Crippen molar-refractivity contribution in [3.63, 3.8) is 0 Å². The summed E-state index contributed by atoms with van der Waals surface area (Å²) in [5, 5.41) is 16.8. The Bertz CT molecular complexity index is 841. The molecule has 0 heterocycles. The van der Waals surface area contributed by atoms with E-state index in [-0.39, 0.29) is 28.7 Å². The van der Waals surface area contributed by atoms with Gasteiger partial charge in [0.1, 0.15) is 11.4 Å². The van der Waals surface area contributed by atoms with Crippen LogP contribution in [0.5, 0.6) is 5.75 Å². The Kier molecular flexibility index (Phi) is 4.97. The predicted octanol–water partition coefficient (Wildman–Crippen LogP) is 4.02. The SMILES string of the molecule is O=C(Nc1cccc(OC(F)F)c1)c1ccc(NC2CC2)c([N+](=O)[O-])c1. The molecule has 0 radical (unpaired) electrons. The largest absolute Gasteiger partial charge is 0.435 e. The fourth-order valence-electron chi connectivity index (χ4n) is 2.35. The van der Waals surface area contributed by atoms with Crippen molar-refractivity contribution in [1.29, 1.82) is 0 Å². The first kappa shape index (κ1) is 17.6. The van der Waals surface area contributed by atoms with Crippen LogP contribution in [0.25, 0.3) is 0 Å². The fourth-order valence-corrected chi connectivity index (χ4v) is 2.35. The highest BCUT2D eigenvalue weighted by Gasteiger charge is 2.25. The molecule has 26 heavy (non-hydrogen) atoms. The van der Waals surface area contributed by atoms with E-state index in [1.807, 2.05) is 0 Å². The smallest absolute Gasteiger partial charge is 0.387 e. The van der Waals surface area contributed by atoms with E-state index in [1.54, 1.807) is 0 Å². The summed E-state index contributed by atoms with van der Waals surface area (Å²) in [6.07, 6.45) is 1.91. The standard InChI is InChI=1S/C17H15F2N3O4/c18-17(19)26-13-3-1-2-12(9-13)21-16(23)10-4-7-14(20-11-5-6-11)15(8-10)22(24)25/h1-4,7-9,11,17,20H,5-6H2,(H,21,23). The summed E-state index contributed by atoms with van der Waals surface area (Å²) < 4.78 is 28.8. The van der Waals surface area contributed by atoms with Gasteiger partial charge < -0.3 is 15.4 Å². The number of nitro groups is 1. The van der Waals surface area contributed by atoms with E-state index < -0.39 is 17.4 Å². The van der Waals surface area contributed by atoms with Crippen molar-refractivity contribution in [2.24, 2.45) is 0 Å². The normalized spacial score (nSPS) is 13.3. The Morgan fingerprint density at radius 1 is 1.23 bits per heavy atom. The summed E-state index contributed by atoms with van der Waals surface area (Å²) in [6, 6.07) is 9.86. The number of ether oxygens (including phenoxy) is 1. The van der Waals surface area contributed by atoms with Gasteiger partial charge in [0.2, 0.25) is 0 Å². The van der Waals surface area contributed by atoms with Gasteiger partial charge in [-0.25, -0.2) is 0 Å². The summed E-state index contributed by atoms with van der Waals surface area (Å²) in [4.78, 5) is 23.0. The highest BCUT2D eigenvalue weighted by molar-refractivity contribution is 6.05. The molecule has 1 saturated carbocycles. The number of amides is 1. The van der Waals surface area contributed by atoms with Crippen LogP contribution in [0.1, 0.15) is 23.2 Å². The fraction of sp³-hybridized carbons (Fsp3) is 0.235. The van der Waals surface area contributed by atoms with Crippen molar-refractivity contribution in [3.05, 3.63) is 58.1 Å². The molecular formula is C17H15F2N3O4. The molecule has 1 aliphatic rings. The molecule has 3 rings (SSSR count). The van der Waals surface area contributed by atoms with Crippen LogP contribution in [0, 0.1) is 10.1 Å². The lowest BCUT2D eigenvalue weighted by Crippen LogP contribution is -2.13. The lowest BCUT2D eigenvalue weighted by Gasteiger charge is -2.10. The maximum atomic E-state index is 12.3. The topological polar surface area (TPSA) is 93.5 Å². The van der Waals surface area contributed by atoms with Crippen LogP contribution < -0.4 is 15.4 Å². The second kappa shape index (κ2) is 7.34. The van der Waals surface area contributed by atoms with E-state index in [0.29, 0.717) is 5.69 Å². The van der Waals surface area contributed by atoms with Gasteiger partial charge in [-0.3, -0.25) is 14.9 Å². The zero-order valence-electron chi connectivity index (χ0n) is 13.4. The van der Waals surface area contributed by atoms with Crippen LogP contribution in [-0.2, 0) is 0 Å². The second-order valence-corrected chi connectivity index (χ2v) is 5.77. The minimum atomic E-state index is -2.98. The first-order valence-corrected chi connectivity index (χ1v) is 7.83. The third-order valence-corrected chi connectivity index (χ3v) is 3.71. The Morgan fingerprint density at radius 3 is 2.65 bits per heavy atom. The van der Waals surface area contributed by atoms with Gasteiger partial charge >= 0.3 is 6.61 Å². The van der Waals surface area contributed by atoms with Gasteiger partial charge in [0.25, 0.3) is 11.6 Å². The van der Waals surface area contributed by atoms with Gasteiger partial charge in [-0.15, -0.1) is 0 Å². The molecule has 7 nitrogen and oxygen atoms in total. The molecule has 1 fully saturated rings. The molecule has 2 N–H and O–H groups in total. The lowest BCUT2D eigenvalue weighted by molar-refractivity contribution is -0.384. The first-order chi connectivity index (χ1) is 12.4. The number of carbonyl (C=O) groups is 1. The van der Waals surface area contributed by atoms with Crippen LogP contribution in [0.4, 0.5) is 25.8 Å². The molecule has 0 aliphatic heterocycles. The molecule has 0 bridgehead atoms. The summed E-state index contributed by atoms with van der Waals surface area (Å²) in [5.41, 5.74) is 0.481. The van der Waals surface area contributed by atoms with Crippen molar-refractivity contribution in [2.75, 3.05) is 10.6 Å². The number of nitrogens with one attached hydrogen (secondary N) is 2. The molecular weight excluding hydrogens is 348 g/mol. The van der Waals surface area contributed by atoms with Crippen LogP contribution >= 0.6 is 0 Å². The van der Waals surface area contributed by atoms with Crippen molar-refractivity contribution in [1.82, 2.24) is 0 Å². The van der Waals surface area contributed by atoms with Gasteiger partial charge in [0, 0.05) is 29.4 Å². The van der Waals surface area contributed by atoms with E-state index in [0.717, 1.165) is 12.8 Å². The predicted molar refractivity (Wildman–Crippen MR) is 90.8 cm³/mol. The van der Waals surface area contributed by atoms with Crippen LogP contribution in [0.15, 0.2) is 42.5 Å². The molecule has 9 heteroatoms. The minimum absolute atomic E-state index is 0.0817. The number of carbonyl (C=O) groups excluding carboxylic acids is 1. The molecule has 0 atom stereocenters. The molecule has 2 aromatic rings. The average Bonchev–Trinajstić information content (AvgIpc) is 3.38. The van der Waals surface area contributed by atoms with Crippen molar-refractivity contribution in [2.45, 2.75) is 25.5 Å². The third-order valence-electron chi connectivity index (χ3n) is 3.71. The number of halogens is 2. The Hall–Kier alpha value is -3.23. The summed E-state index contributed by atoms with van der Waals surface area (Å²) in [7, 11) is 0. The van der Waals surface area contributed by atoms with Gasteiger partial charge in [-0.2, -0.15) is 8.78 Å². The van der Waals surface area contributed by atoms with Gasteiger partial charge in [-0.05, 0) is 37.1 Å². The molecule has 2 aromatic carbocycles. The lowest BCUT2D eigenvalue weighted by atomic mass is 10.1. The Morgan fingerprint density at radius 2 is 2.00 bits per heavy atom. The Balaban J connectivity index is 1.77. The maximum absolute atomic E-state index is 12.3. The summed E-state index contributed by atoms with van der Waals surface area (Å²) in [5.74, 6) is -0.701. The van der Waals surface area contributed by atoms with Crippen molar-refractivity contribution < 1.29 is 23.2 Å². The number of nitro benzene ring substituents is 1. The number of hydrogen-bond donors (Lipinski definition) is 2. The Labute approximate surface area is 147 Å². The van der Waals surface area contributed by atoms with Crippen molar-refractivity contribution in [3.8, 4) is 5.75 Å². The zero-order valence-corrected chi connectivity index (χ0v) is 13.4. The number of rotatable bonds is 7. The van der Waals surface area contributed by atoms with E-state index in [2.05, 4.69) is 15.4 Å². The molecule has 136 valence electrons. The molecule has 0 spiro atoms. The summed E-state index contributed by atoms with van der Waals surface area (Å²) >= 11 is 0. The van der Waals surface area contributed by atoms with Gasteiger partial charge in [0.05, 0.1) is 4.92 Å². The van der Waals surface area contributed by atoms with Crippen molar-refractivity contribution >= 4 is 23.0 Å². The number of nitrogens with zero attached hydrogens (tertiary/aromatic N) is 1. The van der Waals surface area contributed by atoms with Gasteiger partial charge in [0.15, 0.2) is 0 Å². The van der Waals surface area contributed by atoms with E-state index in [4.69, 9.17) is 0 Å². The maximum Gasteiger partial charge on any atom is 0.387 e. The number of hydrogen-bond acceptors (Lipinski definition) is 5. The first-order valence-electron chi connectivity index (χ1n) is 7.83. The molecule has 0 saturated heterocycles. The zero-order chi connectivity index (χ0) is 18.7. The number of anilines is 2. The van der Waals surface area contributed by atoms with Crippen LogP contribution in [0.3, 0.4) is 0 Å². The van der Waals surface area contributed by atoms with E-state index in [9.17, 15) is 23.7 Å². The highest BCUT2D eigenvalue weighted by Crippen LogP contribution is 2.31. The number of benzene rings is 2. The summed E-state index contributed by atoms with van der Waals surface area (Å²) in [6.45, 7) is -2.98. The van der Waals surface area contributed by atoms with Crippen LogP contribution in [0.2, 0.25) is 0 Å². The second-order valence-electron chi connectivity index (χ2n) is 5.77. The van der Waals surface area contributed by atoms with E-state index >= 15 is 0 Å². The van der Waals surface area contributed by atoms with Crippen LogP contribution in [-0.4, -0.2) is 23.5 Å². The average molecular weight is 363 g/mol. The van der Waals surface area contributed by atoms with Gasteiger partial charge in [-0.1, -0.05) is 6.07 Å². The molecule has 0 aromatic heterocycles. The quantitative estimate of drug-likeness (QED) is 0.572. The van der Waals surface area contributed by atoms with E-state index in [1.165, 1.54) is 42.5 Å².